The van der Waals surface area contributed by atoms with E-state index < -0.39 is 0 Å². The maximum atomic E-state index is 12.6. The summed E-state index contributed by atoms with van der Waals surface area (Å²) in [4.78, 5) is 14.4. The zero-order chi connectivity index (χ0) is 14.8. The Hall–Kier alpha value is -2.29. The quantitative estimate of drug-likeness (QED) is 0.879. The Labute approximate surface area is 125 Å². The Bertz CT molecular complexity index is 641. The molecule has 0 heterocycles. The molecule has 1 aliphatic carbocycles. The molecule has 1 aliphatic rings. The number of nitrogens with two attached hydrogens (primary N) is 1. The van der Waals surface area contributed by atoms with Crippen LogP contribution in [0.2, 0.25) is 0 Å². The van der Waals surface area contributed by atoms with Crippen molar-refractivity contribution in [2.24, 2.45) is 5.92 Å². The number of amides is 1. The first-order valence-electron chi connectivity index (χ1n) is 7.29. The molecule has 2 aromatic rings. The van der Waals surface area contributed by atoms with E-state index >= 15 is 0 Å². The first-order chi connectivity index (χ1) is 10.1. The molecular weight excluding hydrogens is 260 g/mol. The van der Waals surface area contributed by atoms with Crippen LogP contribution in [0.3, 0.4) is 0 Å². The van der Waals surface area contributed by atoms with Crippen molar-refractivity contribution in [1.82, 2.24) is 4.90 Å². The van der Waals surface area contributed by atoms with Gasteiger partial charge in [0.15, 0.2) is 0 Å². The first-order valence-corrected chi connectivity index (χ1v) is 7.29. The highest BCUT2D eigenvalue weighted by Gasteiger charge is 2.29. The van der Waals surface area contributed by atoms with E-state index in [0.717, 1.165) is 24.1 Å². The van der Waals surface area contributed by atoms with E-state index in [9.17, 15) is 4.79 Å². The molecule has 0 saturated carbocycles. The maximum Gasteiger partial charge on any atom is 0.226 e. The van der Waals surface area contributed by atoms with Gasteiger partial charge in [0.05, 0.1) is 0 Å². The van der Waals surface area contributed by atoms with Gasteiger partial charge in [0.2, 0.25) is 5.91 Å². The highest BCUT2D eigenvalue weighted by atomic mass is 16.2. The van der Waals surface area contributed by atoms with E-state index in [4.69, 9.17) is 5.73 Å². The van der Waals surface area contributed by atoms with Gasteiger partial charge in [-0.05, 0) is 41.7 Å². The number of nitrogens with zero attached hydrogens (tertiary/aromatic N) is 1. The molecule has 0 fully saturated rings. The minimum atomic E-state index is 0.0773. The number of fused-ring (bicyclic) bond motifs is 1. The summed E-state index contributed by atoms with van der Waals surface area (Å²) >= 11 is 0. The lowest BCUT2D eigenvalue weighted by Gasteiger charge is -2.21. The Morgan fingerprint density at radius 2 is 1.81 bits per heavy atom. The van der Waals surface area contributed by atoms with Crippen LogP contribution in [0.1, 0.15) is 16.7 Å². The van der Waals surface area contributed by atoms with Gasteiger partial charge >= 0.3 is 0 Å². The number of nitrogen functional groups attached to an aromatic ring is 1. The number of carbonyl (C=O) groups excluding carboxylic acids is 1. The minimum Gasteiger partial charge on any atom is -0.399 e. The predicted octanol–water partition coefficient (Wildman–Crippen LogP) is 2.64. The average molecular weight is 280 g/mol. The van der Waals surface area contributed by atoms with E-state index in [1.54, 1.807) is 0 Å². The minimum absolute atomic E-state index is 0.0773. The van der Waals surface area contributed by atoms with Gasteiger partial charge in [0, 0.05) is 25.2 Å². The van der Waals surface area contributed by atoms with Gasteiger partial charge in [0.1, 0.15) is 0 Å². The smallest absolute Gasteiger partial charge is 0.226 e. The van der Waals surface area contributed by atoms with Gasteiger partial charge in [-0.2, -0.15) is 0 Å². The lowest BCUT2D eigenvalue weighted by Crippen LogP contribution is -2.32. The molecular formula is C18H20N2O. The fraction of sp³-hybridized carbons (Fsp3) is 0.278. The van der Waals surface area contributed by atoms with Crippen molar-refractivity contribution in [3.05, 3.63) is 65.2 Å². The maximum absolute atomic E-state index is 12.6. The van der Waals surface area contributed by atoms with Crippen LogP contribution in [0.15, 0.2) is 48.5 Å². The highest BCUT2D eigenvalue weighted by Crippen LogP contribution is 2.28. The van der Waals surface area contributed by atoms with E-state index in [-0.39, 0.29) is 11.8 Å². The van der Waals surface area contributed by atoms with E-state index in [2.05, 4.69) is 12.1 Å². The van der Waals surface area contributed by atoms with Crippen LogP contribution in [0, 0.1) is 5.92 Å². The first kappa shape index (κ1) is 13.7. The standard InChI is InChI=1S/C18H20N2O/c1-20(12-13-5-4-8-17(19)9-13)18(21)16-10-14-6-2-3-7-15(14)11-16/h2-9,16H,10-12,19H2,1H3. The molecule has 2 aromatic carbocycles. The summed E-state index contributed by atoms with van der Waals surface area (Å²) in [6.45, 7) is 0.608. The Morgan fingerprint density at radius 3 is 2.43 bits per heavy atom. The van der Waals surface area contributed by atoms with Gasteiger partial charge in [-0.25, -0.2) is 0 Å². The second-order valence-electron chi connectivity index (χ2n) is 5.81. The van der Waals surface area contributed by atoms with Crippen LogP contribution >= 0.6 is 0 Å². The second kappa shape index (κ2) is 5.60. The Kier molecular flexibility index (Phi) is 3.65. The van der Waals surface area contributed by atoms with Gasteiger partial charge in [0.25, 0.3) is 0 Å². The molecule has 0 aliphatic heterocycles. The van der Waals surface area contributed by atoms with Crippen molar-refractivity contribution in [2.45, 2.75) is 19.4 Å². The molecule has 0 bridgehead atoms. The number of benzene rings is 2. The third kappa shape index (κ3) is 2.92. The van der Waals surface area contributed by atoms with Crippen molar-refractivity contribution in [1.29, 1.82) is 0 Å². The predicted molar refractivity (Wildman–Crippen MR) is 84.7 cm³/mol. The summed E-state index contributed by atoms with van der Waals surface area (Å²) in [6.07, 6.45) is 1.71. The second-order valence-corrected chi connectivity index (χ2v) is 5.81. The van der Waals surface area contributed by atoms with Crippen LogP contribution in [-0.4, -0.2) is 17.9 Å². The molecule has 1 amide bonds. The third-order valence-corrected chi connectivity index (χ3v) is 4.15. The Morgan fingerprint density at radius 1 is 1.14 bits per heavy atom. The third-order valence-electron chi connectivity index (χ3n) is 4.15. The molecule has 0 radical (unpaired) electrons. The molecule has 0 aromatic heterocycles. The van der Waals surface area contributed by atoms with Crippen molar-refractivity contribution < 1.29 is 4.79 Å². The number of rotatable bonds is 3. The van der Waals surface area contributed by atoms with Crippen molar-refractivity contribution in [2.75, 3.05) is 12.8 Å². The van der Waals surface area contributed by atoms with E-state index in [1.807, 2.05) is 48.3 Å². The van der Waals surface area contributed by atoms with Gasteiger partial charge in [-0.15, -0.1) is 0 Å². The molecule has 3 heteroatoms. The number of hydrogen-bond acceptors (Lipinski definition) is 2. The molecule has 3 rings (SSSR count). The Balaban J connectivity index is 1.66. The molecule has 0 saturated heterocycles. The molecule has 2 N–H and O–H groups in total. The summed E-state index contributed by atoms with van der Waals surface area (Å²) in [6, 6.07) is 16.1. The molecule has 108 valence electrons. The van der Waals surface area contributed by atoms with E-state index in [0.29, 0.717) is 6.54 Å². The summed E-state index contributed by atoms with van der Waals surface area (Å²) in [5.41, 5.74) is 10.2. The highest BCUT2D eigenvalue weighted by molar-refractivity contribution is 5.80. The molecule has 3 nitrogen and oxygen atoms in total. The molecule has 0 atom stereocenters. The number of anilines is 1. The van der Waals surface area contributed by atoms with Crippen LogP contribution in [0.25, 0.3) is 0 Å². The van der Waals surface area contributed by atoms with Gasteiger partial charge in [-0.1, -0.05) is 36.4 Å². The van der Waals surface area contributed by atoms with Crippen LogP contribution < -0.4 is 5.73 Å². The topological polar surface area (TPSA) is 46.3 Å². The zero-order valence-corrected chi connectivity index (χ0v) is 12.3. The van der Waals surface area contributed by atoms with Crippen molar-refractivity contribution in [3.63, 3.8) is 0 Å². The van der Waals surface area contributed by atoms with Crippen LogP contribution in [-0.2, 0) is 24.2 Å². The fourth-order valence-electron chi connectivity index (χ4n) is 3.09. The lowest BCUT2D eigenvalue weighted by atomic mass is 10.0. The summed E-state index contributed by atoms with van der Waals surface area (Å²) in [5.74, 6) is 0.294. The van der Waals surface area contributed by atoms with Crippen LogP contribution in [0.4, 0.5) is 5.69 Å². The van der Waals surface area contributed by atoms with Crippen molar-refractivity contribution in [3.8, 4) is 0 Å². The molecule has 21 heavy (non-hydrogen) atoms. The zero-order valence-electron chi connectivity index (χ0n) is 12.3. The lowest BCUT2D eigenvalue weighted by molar-refractivity contribution is -0.134. The monoisotopic (exact) mass is 280 g/mol. The SMILES string of the molecule is CN(Cc1cccc(N)c1)C(=O)C1Cc2ccccc2C1. The largest absolute Gasteiger partial charge is 0.399 e. The number of hydrogen-bond donors (Lipinski definition) is 1. The van der Waals surface area contributed by atoms with Crippen molar-refractivity contribution >= 4 is 11.6 Å². The average Bonchev–Trinajstić information content (AvgIpc) is 2.90. The summed E-state index contributed by atoms with van der Waals surface area (Å²) < 4.78 is 0. The fourth-order valence-corrected chi connectivity index (χ4v) is 3.09. The number of carbonyl (C=O) groups is 1. The normalized spacial score (nSPS) is 14.0. The molecule has 0 spiro atoms. The molecule has 0 unspecified atom stereocenters. The van der Waals surface area contributed by atoms with Gasteiger partial charge in [-0.3, -0.25) is 4.79 Å². The van der Waals surface area contributed by atoms with Crippen LogP contribution in [0.5, 0.6) is 0 Å². The summed E-state index contributed by atoms with van der Waals surface area (Å²) in [5, 5.41) is 0. The summed E-state index contributed by atoms with van der Waals surface area (Å²) in [7, 11) is 1.87. The van der Waals surface area contributed by atoms with E-state index in [1.165, 1.54) is 11.1 Å². The van der Waals surface area contributed by atoms with Gasteiger partial charge < -0.3 is 10.6 Å².